The lowest BCUT2D eigenvalue weighted by atomic mass is 10.3. The first-order valence-corrected chi connectivity index (χ1v) is 8.19. The molecule has 0 aliphatic heterocycles. The van der Waals surface area contributed by atoms with E-state index in [1.54, 1.807) is 0 Å². The van der Waals surface area contributed by atoms with Gasteiger partial charge in [0.2, 0.25) is 5.91 Å². The van der Waals surface area contributed by atoms with E-state index in [2.05, 4.69) is 16.0 Å². The van der Waals surface area contributed by atoms with Gasteiger partial charge in [-0.05, 0) is 37.3 Å². The minimum absolute atomic E-state index is 0.0466. The summed E-state index contributed by atoms with van der Waals surface area (Å²) in [6.45, 7) is 0.466. The Morgan fingerprint density at radius 2 is 1.89 bits per heavy atom. The SMILES string of the molecule is C[C@@H](OC(=O)CNC(=O)CNC(=O)c1ccco1)C(=O)Nc1cccc(F)c1. The monoisotopic (exact) mass is 391 g/mol. The molecule has 1 heterocycles. The van der Waals surface area contributed by atoms with Crippen molar-refractivity contribution < 1.29 is 32.7 Å². The van der Waals surface area contributed by atoms with Crippen molar-refractivity contribution in [3.05, 3.63) is 54.2 Å². The fourth-order valence-corrected chi connectivity index (χ4v) is 1.99. The van der Waals surface area contributed by atoms with Gasteiger partial charge in [0.15, 0.2) is 11.9 Å². The number of hydrogen-bond donors (Lipinski definition) is 3. The first-order chi connectivity index (χ1) is 13.3. The molecule has 0 unspecified atom stereocenters. The van der Waals surface area contributed by atoms with Gasteiger partial charge in [-0.25, -0.2) is 4.39 Å². The van der Waals surface area contributed by atoms with Crippen LogP contribution in [0, 0.1) is 5.82 Å². The molecule has 0 saturated carbocycles. The molecule has 9 nitrogen and oxygen atoms in total. The zero-order chi connectivity index (χ0) is 20.5. The second kappa shape index (κ2) is 9.86. The summed E-state index contributed by atoms with van der Waals surface area (Å²) in [5.41, 5.74) is 0.216. The maximum absolute atomic E-state index is 13.1. The zero-order valence-electron chi connectivity index (χ0n) is 14.9. The Morgan fingerprint density at radius 1 is 1.11 bits per heavy atom. The van der Waals surface area contributed by atoms with Crippen molar-refractivity contribution in [2.45, 2.75) is 13.0 Å². The maximum Gasteiger partial charge on any atom is 0.326 e. The van der Waals surface area contributed by atoms with Crippen molar-refractivity contribution in [3.63, 3.8) is 0 Å². The van der Waals surface area contributed by atoms with E-state index in [9.17, 15) is 23.6 Å². The quantitative estimate of drug-likeness (QED) is 0.572. The van der Waals surface area contributed by atoms with Crippen molar-refractivity contribution in [2.24, 2.45) is 0 Å². The van der Waals surface area contributed by atoms with E-state index in [1.807, 2.05) is 0 Å². The summed E-state index contributed by atoms with van der Waals surface area (Å²) in [5, 5.41) is 6.95. The van der Waals surface area contributed by atoms with Gasteiger partial charge in [-0.3, -0.25) is 19.2 Å². The number of furan rings is 1. The summed E-state index contributed by atoms with van der Waals surface area (Å²) >= 11 is 0. The van der Waals surface area contributed by atoms with Crippen LogP contribution in [-0.4, -0.2) is 42.9 Å². The number of carbonyl (C=O) groups is 4. The van der Waals surface area contributed by atoms with Crippen molar-refractivity contribution >= 4 is 29.4 Å². The Bertz CT molecular complexity index is 853. The van der Waals surface area contributed by atoms with Crippen LogP contribution in [0.25, 0.3) is 0 Å². The molecule has 3 N–H and O–H groups in total. The number of esters is 1. The Kier molecular flexibility index (Phi) is 7.26. The van der Waals surface area contributed by atoms with E-state index >= 15 is 0 Å². The number of ether oxygens (including phenoxy) is 1. The van der Waals surface area contributed by atoms with Gasteiger partial charge < -0.3 is 25.1 Å². The van der Waals surface area contributed by atoms with Crippen molar-refractivity contribution in [2.75, 3.05) is 18.4 Å². The molecule has 0 saturated heterocycles. The summed E-state index contributed by atoms with van der Waals surface area (Å²) in [6.07, 6.45) is 0.155. The molecule has 3 amide bonds. The Labute approximate surface area is 159 Å². The number of hydrogen-bond acceptors (Lipinski definition) is 6. The minimum atomic E-state index is -1.16. The lowest BCUT2D eigenvalue weighted by Crippen LogP contribution is -2.40. The normalized spacial score (nSPS) is 11.2. The minimum Gasteiger partial charge on any atom is -0.459 e. The van der Waals surface area contributed by atoms with E-state index in [1.165, 1.54) is 43.5 Å². The van der Waals surface area contributed by atoms with Crippen LogP contribution >= 0.6 is 0 Å². The molecule has 148 valence electrons. The van der Waals surface area contributed by atoms with E-state index in [0.29, 0.717) is 0 Å². The van der Waals surface area contributed by atoms with Crippen LogP contribution in [0.4, 0.5) is 10.1 Å². The highest BCUT2D eigenvalue weighted by Crippen LogP contribution is 2.10. The third kappa shape index (κ3) is 6.56. The molecule has 0 spiro atoms. The number of amides is 3. The summed E-state index contributed by atoms with van der Waals surface area (Å²) in [6, 6.07) is 8.19. The average molecular weight is 391 g/mol. The molecular formula is C18H18FN3O6. The third-order valence-corrected chi connectivity index (χ3v) is 3.35. The molecule has 0 bridgehead atoms. The summed E-state index contributed by atoms with van der Waals surface area (Å²) in [7, 11) is 0. The second-order valence-corrected chi connectivity index (χ2v) is 5.57. The van der Waals surface area contributed by atoms with Gasteiger partial charge in [0, 0.05) is 5.69 Å². The van der Waals surface area contributed by atoms with Crippen LogP contribution in [-0.2, 0) is 19.1 Å². The molecule has 1 aromatic carbocycles. The molecule has 1 atom stereocenters. The van der Waals surface area contributed by atoms with Gasteiger partial charge in [-0.1, -0.05) is 6.07 Å². The van der Waals surface area contributed by atoms with Crippen molar-refractivity contribution in [1.82, 2.24) is 10.6 Å². The van der Waals surface area contributed by atoms with Gasteiger partial charge in [-0.2, -0.15) is 0 Å². The summed E-state index contributed by atoms with van der Waals surface area (Å²) in [4.78, 5) is 46.9. The highest BCUT2D eigenvalue weighted by molar-refractivity contribution is 5.96. The Balaban J connectivity index is 1.68. The fourth-order valence-electron chi connectivity index (χ4n) is 1.99. The molecular weight excluding hydrogens is 373 g/mol. The predicted octanol–water partition coefficient (Wildman–Crippen LogP) is 0.835. The van der Waals surface area contributed by atoms with E-state index in [-0.39, 0.29) is 18.0 Å². The Hall–Kier alpha value is -3.69. The van der Waals surface area contributed by atoms with Crippen LogP contribution in [0.2, 0.25) is 0 Å². The van der Waals surface area contributed by atoms with Crippen LogP contribution in [0.15, 0.2) is 47.1 Å². The van der Waals surface area contributed by atoms with Crippen LogP contribution < -0.4 is 16.0 Å². The van der Waals surface area contributed by atoms with E-state index < -0.39 is 42.2 Å². The van der Waals surface area contributed by atoms with Gasteiger partial charge in [0.1, 0.15) is 12.4 Å². The van der Waals surface area contributed by atoms with Crippen LogP contribution in [0.1, 0.15) is 17.5 Å². The molecule has 2 rings (SSSR count). The van der Waals surface area contributed by atoms with Gasteiger partial charge in [0.05, 0.1) is 12.8 Å². The Morgan fingerprint density at radius 3 is 2.57 bits per heavy atom. The highest BCUT2D eigenvalue weighted by Gasteiger charge is 2.19. The first kappa shape index (κ1) is 20.6. The predicted molar refractivity (Wildman–Crippen MR) is 94.6 cm³/mol. The zero-order valence-corrected chi connectivity index (χ0v) is 14.9. The molecule has 2 aromatic rings. The number of benzene rings is 1. The largest absolute Gasteiger partial charge is 0.459 e. The lowest BCUT2D eigenvalue weighted by Gasteiger charge is -2.14. The number of halogens is 1. The van der Waals surface area contributed by atoms with E-state index in [0.717, 1.165) is 6.07 Å². The topological polar surface area (TPSA) is 127 Å². The third-order valence-electron chi connectivity index (χ3n) is 3.35. The molecule has 0 fully saturated rings. The first-order valence-electron chi connectivity index (χ1n) is 8.19. The smallest absolute Gasteiger partial charge is 0.326 e. The van der Waals surface area contributed by atoms with Gasteiger partial charge >= 0.3 is 5.97 Å². The molecule has 0 radical (unpaired) electrons. The van der Waals surface area contributed by atoms with Gasteiger partial charge in [0.25, 0.3) is 11.8 Å². The molecule has 0 aliphatic rings. The molecule has 1 aromatic heterocycles. The van der Waals surface area contributed by atoms with Crippen LogP contribution in [0.3, 0.4) is 0 Å². The average Bonchev–Trinajstić information content (AvgIpc) is 3.19. The lowest BCUT2D eigenvalue weighted by molar-refractivity contribution is -0.152. The highest BCUT2D eigenvalue weighted by atomic mass is 19.1. The maximum atomic E-state index is 13.1. The molecule has 0 aliphatic carbocycles. The number of carbonyl (C=O) groups excluding carboxylic acids is 4. The molecule has 28 heavy (non-hydrogen) atoms. The van der Waals surface area contributed by atoms with E-state index in [4.69, 9.17) is 9.15 Å². The summed E-state index contributed by atoms with van der Waals surface area (Å²) < 4.78 is 22.8. The fraction of sp³-hybridized carbons (Fsp3) is 0.222. The number of rotatable bonds is 8. The standard InChI is InChI=1S/C18H18FN3O6/c1-11(17(25)22-13-5-2-4-12(19)8-13)28-16(24)10-20-15(23)9-21-18(26)14-6-3-7-27-14/h2-8,11H,9-10H2,1H3,(H,20,23)(H,21,26)(H,22,25)/t11-/m1/s1. The number of nitrogens with one attached hydrogen (secondary N) is 3. The van der Waals surface area contributed by atoms with Gasteiger partial charge in [-0.15, -0.1) is 0 Å². The van der Waals surface area contributed by atoms with Crippen molar-refractivity contribution in [1.29, 1.82) is 0 Å². The second-order valence-electron chi connectivity index (χ2n) is 5.57. The van der Waals surface area contributed by atoms with Crippen molar-refractivity contribution in [3.8, 4) is 0 Å². The number of anilines is 1. The van der Waals surface area contributed by atoms with Crippen LogP contribution in [0.5, 0.6) is 0 Å². The molecule has 10 heteroatoms. The summed E-state index contributed by atoms with van der Waals surface area (Å²) in [5.74, 6) is -3.20.